The molecule has 0 aliphatic heterocycles. The number of benzene rings is 1. The second-order valence-electron chi connectivity index (χ2n) is 4.58. The van der Waals surface area contributed by atoms with Crippen molar-refractivity contribution >= 4 is 27.5 Å². The summed E-state index contributed by atoms with van der Waals surface area (Å²) in [5.41, 5.74) is 2.04. The summed E-state index contributed by atoms with van der Waals surface area (Å²) < 4.78 is 0.937. The average molecular weight is 341 g/mol. The summed E-state index contributed by atoms with van der Waals surface area (Å²) in [6.45, 7) is 1.80. The van der Waals surface area contributed by atoms with Gasteiger partial charge in [0.25, 0.3) is 0 Å². The largest absolute Gasteiger partial charge is 0.393 e. The SMILES string of the molecule is CC(O)C(Cc1ccc(Cl)cc1)c1ccc(Br)cn1. The zero-order valence-electron chi connectivity index (χ0n) is 10.6. The van der Waals surface area contributed by atoms with Crippen LogP contribution in [0.1, 0.15) is 24.1 Å². The van der Waals surface area contributed by atoms with Crippen LogP contribution in [0.2, 0.25) is 5.02 Å². The number of nitrogens with zero attached hydrogens (tertiary/aromatic N) is 1. The Morgan fingerprint density at radius 1 is 1.21 bits per heavy atom. The Balaban J connectivity index is 2.21. The van der Waals surface area contributed by atoms with E-state index >= 15 is 0 Å². The zero-order chi connectivity index (χ0) is 13.8. The Kier molecular flexibility index (Phi) is 4.97. The summed E-state index contributed by atoms with van der Waals surface area (Å²) in [6, 6.07) is 11.6. The first-order chi connectivity index (χ1) is 9.06. The van der Waals surface area contributed by atoms with Gasteiger partial charge in [-0.05, 0) is 59.1 Å². The van der Waals surface area contributed by atoms with Crippen molar-refractivity contribution < 1.29 is 5.11 Å². The topological polar surface area (TPSA) is 33.1 Å². The highest BCUT2D eigenvalue weighted by atomic mass is 79.9. The van der Waals surface area contributed by atoms with E-state index in [0.29, 0.717) is 0 Å². The van der Waals surface area contributed by atoms with Crippen molar-refractivity contribution in [3.63, 3.8) is 0 Å². The minimum absolute atomic E-state index is 0.0192. The predicted octanol–water partition coefficient (Wildman–Crippen LogP) is 4.20. The van der Waals surface area contributed by atoms with Crippen LogP contribution in [-0.4, -0.2) is 16.2 Å². The molecule has 1 aromatic heterocycles. The van der Waals surface area contributed by atoms with Crippen LogP contribution < -0.4 is 0 Å². The number of aliphatic hydroxyl groups excluding tert-OH is 1. The molecular formula is C15H15BrClNO. The smallest absolute Gasteiger partial charge is 0.0598 e. The molecule has 4 heteroatoms. The van der Waals surface area contributed by atoms with Gasteiger partial charge in [0.2, 0.25) is 0 Å². The van der Waals surface area contributed by atoms with E-state index in [1.165, 1.54) is 0 Å². The monoisotopic (exact) mass is 339 g/mol. The van der Waals surface area contributed by atoms with Crippen molar-refractivity contribution in [3.8, 4) is 0 Å². The molecule has 0 spiro atoms. The molecule has 19 heavy (non-hydrogen) atoms. The minimum Gasteiger partial charge on any atom is -0.393 e. The van der Waals surface area contributed by atoms with Crippen LogP contribution in [0.3, 0.4) is 0 Å². The standard InChI is InChI=1S/C15H15BrClNO/c1-10(19)14(15-7-4-12(16)9-18-15)8-11-2-5-13(17)6-3-11/h2-7,9-10,14,19H,8H2,1H3. The van der Waals surface area contributed by atoms with Crippen molar-refractivity contribution in [2.75, 3.05) is 0 Å². The zero-order valence-corrected chi connectivity index (χ0v) is 12.9. The molecule has 2 nitrogen and oxygen atoms in total. The van der Waals surface area contributed by atoms with E-state index in [2.05, 4.69) is 20.9 Å². The fourth-order valence-electron chi connectivity index (χ4n) is 2.00. The maximum Gasteiger partial charge on any atom is 0.0598 e. The Labute approximate surface area is 126 Å². The van der Waals surface area contributed by atoms with Gasteiger partial charge in [-0.1, -0.05) is 23.7 Å². The van der Waals surface area contributed by atoms with E-state index in [9.17, 15) is 5.11 Å². The van der Waals surface area contributed by atoms with Crippen LogP contribution in [0.4, 0.5) is 0 Å². The quantitative estimate of drug-likeness (QED) is 0.904. The summed E-state index contributed by atoms with van der Waals surface area (Å²) in [5.74, 6) is -0.0192. The molecule has 0 amide bonds. The van der Waals surface area contributed by atoms with Gasteiger partial charge >= 0.3 is 0 Å². The van der Waals surface area contributed by atoms with E-state index in [0.717, 1.165) is 27.2 Å². The average Bonchev–Trinajstić information content (AvgIpc) is 2.39. The van der Waals surface area contributed by atoms with Crippen LogP contribution in [0, 0.1) is 0 Å². The molecule has 2 atom stereocenters. The molecule has 0 aliphatic rings. The second-order valence-corrected chi connectivity index (χ2v) is 5.93. The first-order valence-electron chi connectivity index (χ1n) is 6.10. The lowest BCUT2D eigenvalue weighted by Crippen LogP contribution is -2.18. The molecule has 0 fully saturated rings. The van der Waals surface area contributed by atoms with Gasteiger partial charge in [-0.3, -0.25) is 4.98 Å². The number of aromatic nitrogens is 1. The second kappa shape index (κ2) is 6.51. The Morgan fingerprint density at radius 2 is 1.89 bits per heavy atom. The summed E-state index contributed by atoms with van der Waals surface area (Å²) >= 11 is 9.24. The number of halogens is 2. The van der Waals surface area contributed by atoms with Gasteiger partial charge in [-0.25, -0.2) is 0 Å². The Morgan fingerprint density at radius 3 is 2.42 bits per heavy atom. The lowest BCUT2D eigenvalue weighted by molar-refractivity contribution is 0.159. The molecule has 2 aromatic rings. The van der Waals surface area contributed by atoms with Crippen LogP contribution in [0.25, 0.3) is 0 Å². The van der Waals surface area contributed by atoms with E-state index in [4.69, 9.17) is 11.6 Å². The van der Waals surface area contributed by atoms with E-state index in [1.54, 1.807) is 13.1 Å². The lowest BCUT2D eigenvalue weighted by Gasteiger charge is -2.19. The van der Waals surface area contributed by atoms with Gasteiger partial charge in [-0.2, -0.15) is 0 Å². The van der Waals surface area contributed by atoms with Crippen molar-refractivity contribution in [1.82, 2.24) is 4.98 Å². The van der Waals surface area contributed by atoms with Crippen LogP contribution >= 0.6 is 27.5 Å². The van der Waals surface area contributed by atoms with E-state index in [1.807, 2.05) is 36.4 Å². The van der Waals surface area contributed by atoms with Gasteiger partial charge in [0.15, 0.2) is 0 Å². The van der Waals surface area contributed by atoms with Gasteiger partial charge in [0.1, 0.15) is 0 Å². The molecule has 100 valence electrons. The summed E-state index contributed by atoms with van der Waals surface area (Å²) in [6.07, 6.45) is 2.04. The molecule has 1 aromatic carbocycles. The molecule has 1 heterocycles. The predicted molar refractivity (Wildman–Crippen MR) is 81.5 cm³/mol. The highest BCUT2D eigenvalue weighted by molar-refractivity contribution is 9.10. The fraction of sp³-hybridized carbons (Fsp3) is 0.267. The Hall–Kier alpha value is -0.900. The van der Waals surface area contributed by atoms with E-state index < -0.39 is 6.10 Å². The number of aliphatic hydroxyl groups is 1. The Bertz CT molecular complexity index is 525. The number of pyridine rings is 1. The first kappa shape index (κ1) is 14.5. The van der Waals surface area contributed by atoms with Gasteiger partial charge in [0, 0.05) is 27.3 Å². The number of hydrogen-bond acceptors (Lipinski definition) is 2. The third kappa shape index (κ3) is 4.03. The molecule has 0 saturated carbocycles. The van der Waals surface area contributed by atoms with E-state index in [-0.39, 0.29) is 5.92 Å². The highest BCUT2D eigenvalue weighted by Crippen LogP contribution is 2.24. The summed E-state index contributed by atoms with van der Waals surface area (Å²) in [7, 11) is 0. The van der Waals surface area contributed by atoms with Crippen LogP contribution in [0.15, 0.2) is 47.1 Å². The minimum atomic E-state index is -0.454. The third-order valence-electron chi connectivity index (χ3n) is 3.08. The summed E-state index contributed by atoms with van der Waals surface area (Å²) in [5, 5.41) is 10.7. The molecule has 2 rings (SSSR count). The molecule has 1 N–H and O–H groups in total. The molecule has 0 aliphatic carbocycles. The maximum absolute atomic E-state index is 9.97. The first-order valence-corrected chi connectivity index (χ1v) is 7.27. The van der Waals surface area contributed by atoms with Crippen LogP contribution in [0.5, 0.6) is 0 Å². The van der Waals surface area contributed by atoms with Crippen molar-refractivity contribution in [2.45, 2.75) is 25.4 Å². The van der Waals surface area contributed by atoms with Crippen molar-refractivity contribution in [2.24, 2.45) is 0 Å². The molecule has 0 bridgehead atoms. The van der Waals surface area contributed by atoms with Crippen molar-refractivity contribution in [1.29, 1.82) is 0 Å². The lowest BCUT2D eigenvalue weighted by atomic mass is 9.91. The highest BCUT2D eigenvalue weighted by Gasteiger charge is 2.19. The molecule has 2 unspecified atom stereocenters. The molecule has 0 saturated heterocycles. The third-order valence-corrected chi connectivity index (χ3v) is 3.80. The van der Waals surface area contributed by atoms with Crippen LogP contribution in [-0.2, 0) is 6.42 Å². The molecular weight excluding hydrogens is 326 g/mol. The maximum atomic E-state index is 9.97. The number of hydrogen-bond donors (Lipinski definition) is 1. The fourth-order valence-corrected chi connectivity index (χ4v) is 2.36. The molecule has 0 radical (unpaired) electrons. The van der Waals surface area contributed by atoms with Gasteiger partial charge < -0.3 is 5.11 Å². The van der Waals surface area contributed by atoms with Crippen molar-refractivity contribution in [3.05, 3.63) is 63.3 Å². The van der Waals surface area contributed by atoms with Gasteiger partial charge in [-0.15, -0.1) is 0 Å². The summed E-state index contributed by atoms with van der Waals surface area (Å²) in [4.78, 5) is 4.38. The normalized spacial score (nSPS) is 14.1. The van der Waals surface area contributed by atoms with Gasteiger partial charge in [0.05, 0.1) is 6.10 Å². The number of rotatable bonds is 4.